The fraction of sp³-hybridized carbons (Fsp3) is 0.133. The zero-order chi connectivity index (χ0) is 15.5. The van der Waals surface area contributed by atoms with Crippen LogP contribution in [0.2, 0.25) is 0 Å². The van der Waals surface area contributed by atoms with Crippen LogP contribution in [0.15, 0.2) is 42.6 Å². The maximum Gasteiger partial charge on any atom is 0.248 e. The molecule has 3 N–H and O–H groups in total. The number of benzene rings is 1. The molecule has 0 radical (unpaired) electrons. The second-order valence-corrected chi connectivity index (χ2v) is 4.70. The third-order valence-electron chi connectivity index (χ3n) is 3.18. The lowest BCUT2D eigenvalue weighted by molar-refractivity contribution is 0.414. The van der Waals surface area contributed by atoms with Crippen LogP contribution in [0.1, 0.15) is 5.56 Å². The Labute approximate surface area is 127 Å². The lowest BCUT2D eigenvalue weighted by Gasteiger charge is -2.07. The van der Waals surface area contributed by atoms with Crippen molar-refractivity contribution in [2.24, 2.45) is 0 Å². The predicted molar refractivity (Wildman–Crippen MR) is 84.6 cm³/mol. The number of nitrogens with one attached hydrogen (secondary N) is 1. The average Bonchev–Trinajstić information content (AvgIpc) is 2.91. The van der Waals surface area contributed by atoms with E-state index in [1.165, 1.54) is 4.68 Å². The minimum Gasteiger partial charge on any atom is -0.497 e. The van der Waals surface area contributed by atoms with Gasteiger partial charge in [0.2, 0.25) is 11.9 Å². The Balaban J connectivity index is 1.88. The number of nitrogen functional groups attached to an aromatic ring is 1. The number of pyridine rings is 1. The Morgan fingerprint density at radius 3 is 2.77 bits per heavy atom. The van der Waals surface area contributed by atoms with Crippen LogP contribution >= 0.6 is 0 Å². The van der Waals surface area contributed by atoms with E-state index in [0.717, 1.165) is 17.0 Å². The fourth-order valence-corrected chi connectivity index (χ4v) is 2.05. The van der Waals surface area contributed by atoms with Crippen molar-refractivity contribution in [1.82, 2.24) is 19.7 Å². The molecule has 0 aliphatic carbocycles. The third kappa shape index (κ3) is 2.69. The summed E-state index contributed by atoms with van der Waals surface area (Å²) < 4.78 is 6.68. The zero-order valence-electron chi connectivity index (χ0n) is 12.3. The quantitative estimate of drug-likeness (QED) is 0.767. The summed E-state index contributed by atoms with van der Waals surface area (Å²) in [5.74, 6) is 2.10. The first-order valence-electron chi connectivity index (χ1n) is 6.73. The minimum atomic E-state index is 0.271. The molecule has 7 heteroatoms. The summed E-state index contributed by atoms with van der Waals surface area (Å²) in [7, 11) is 1.64. The molecule has 0 unspecified atom stereocenters. The van der Waals surface area contributed by atoms with E-state index in [-0.39, 0.29) is 5.95 Å². The first-order chi connectivity index (χ1) is 10.7. The van der Waals surface area contributed by atoms with Crippen molar-refractivity contribution >= 4 is 17.6 Å². The molecule has 1 aromatic carbocycles. The van der Waals surface area contributed by atoms with Crippen molar-refractivity contribution in [2.75, 3.05) is 18.2 Å². The van der Waals surface area contributed by atoms with Crippen molar-refractivity contribution in [3.63, 3.8) is 0 Å². The molecule has 0 amide bonds. The monoisotopic (exact) mass is 296 g/mol. The van der Waals surface area contributed by atoms with Gasteiger partial charge in [-0.2, -0.15) is 9.67 Å². The van der Waals surface area contributed by atoms with Crippen LogP contribution in [-0.2, 0) is 0 Å². The van der Waals surface area contributed by atoms with Crippen LogP contribution in [0.3, 0.4) is 0 Å². The first kappa shape index (κ1) is 13.9. The topological polar surface area (TPSA) is 90.9 Å². The van der Waals surface area contributed by atoms with Gasteiger partial charge in [0.15, 0.2) is 5.82 Å². The van der Waals surface area contributed by atoms with E-state index < -0.39 is 0 Å². The smallest absolute Gasteiger partial charge is 0.248 e. The normalized spacial score (nSPS) is 10.5. The van der Waals surface area contributed by atoms with E-state index >= 15 is 0 Å². The molecular weight excluding hydrogens is 280 g/mol. The molecule has 0 saturated carbocycles. The van der Waals surface area contributed by atoms with Gasteiger partial charge in [0, 0.05) is 11.9 Å². The Kier molecular flexibility index (Phi) is 3.61. The van der Waals surface area contributed by atoms with Gasteiger partial charge in [-0.15, -0.1) is 5.10 Å². The lowest BCUT2D eigenvalue weighted by atomic mass is 10.2. The van der Waals surface area contributed by atoms with E-state index in [2.05, 4.69) is 20.4 Å². The first-order valence-corrected chi connectivity index (χ1v) is 6.73. The average molecular weight is 296 g/mol. The second kappa shape index (κ2) is 5.72. The minimum absolute atomic E-state index is 0.271. The fourth-order valence-electron chi connectivity index (χ4n) is 2.05. The summed E-state index contributed by atoms with van der Waals surface area (Å²) in [4.78, 5) is 8.42. The van der Waals surface area contributed by atoms with Gasteiger partial charge >= 0.3 is 0 Å². The van der Waals surface area contributed by atoms with E-state index in [9.17, 15) is 0 Å². The van der Waals surface area contributed by atoms with Crippen molar-refractivity contribution < 1.29 is 4.74 Å². The summed E-state index contributed by atoms with van der Waals surface area (Å²) in [5, 5.41) is 7.48. The highest BCUT2D eigenvalue weighted by Gasteiger charge is 2.10. The molecule has 0 saturated heterocycles. The molecule has 112 valence electrons. The van der Waals surface area contributed by atoms with Crippen LogP contribution in [0.5, 0.6) is 5.75 Å². The van der Waals surface area contributed by atoms with Crippen LogP contribution < -0.4 is 15.8 Å². The number of rotatable bonds is 4. The standard InChI is InChI=1S/C15H16N6O/c1-10-9-11(22-2)6-7-12(10)18-15-19-14(16)21(20-15)13-5-3-4-8-17-13/h3-9H,1-2H3,(H3,16,18,19,20). The van der Waals surface area contributed by atoms with Crippen LogP contribution in [0.25, 0.3) is 5.82 Å². The molecule has 0 spiro atoms. The number of methoxy groups -OCH3 is 1. The van der Waals surface area contributed by atoms with Crippen molar-refractivity contribution in [3.05, 3.63) is 48.2 Å². The van der Waals surface area contributed by atoms with E-state index in [4.69, 9.17) is 10.5 Å². The van der Waals surface area contributed by atoms with Gasteiger partial charge in [0.05, 0.1) is 7.11 Å². The molecule has 0 aliphatic rings. The van der Waals surface area contributed by atoms with Gasteiger partial charge < -0.3 is 15.8 Å². The number of hydrogen-bond acceptors (Lipinski definition) is 6. The molecule has 22 heavy (non-hydrogen) atoms. The number of nitrogens with zero attached hydrogens (tertiary/aromatic N) is 4. The maximum atomic E-state index is 5.90. The zero-order valence-corrected chi connectivity index (χ0v) is 12.3. The van der Waals surface area contributed by atoms with Gasteiger partial charge in [-0.3, -0.25) is 0 Å². The molecule has 0 atom stereocenters. The van der Waals surface area contributed by atoms with Gasteiger partial charge in [-0.25, -0.2) is 4.98 Å². The van der Waals surface area contributed by atoms with Gasteiger partial charge in [0.25, 0.3) is 0 Å². The Hall–Kier alpha value is -3.09. The SMILES string of the molecule is COc1ccc(Nc2nc(N)n(-c3ccccn3)n2)c(C)c1. The predicted octanol–water partition coefficient (Wildman–Crippen LogP) is 2.31. The molecule has 2 heterocycles. The van der Waals surface area contributed by atoms with Crippen molar-refractivity contribution in [1.29, 1.82) is 0 Å². The van der Waals surface area contributed by atoms with Gasteiger partial charge in [-0.1, -0.05) is 6.07 Å². The molecule has 2 aromatic heterocycles. The summed E-state index contributed by atoms with van der Waals surface area (Å²) in [5.41, 5.74) is 7.81. The molecule has 3 aromatic rings. The van der Waals surface area contributed by atoms with E-state index in [1.807, 2.05) is 43.3 Å². The van der Waals surface area contributed by atoms with Crippen molar-refractivity contribution in [2.45, 2.75) is 6.92 Å². The molecule has 3 rings (SSSR count). The summed E-state index contributed by atoms with van der Waals surface area (Å²) in [6.45, 7) is 1.98. The number of ether oxygens (including phenoxy) is 1. The number of hydrogen-bond donors (Lipinski definition) is 2. The van der Waals surface area contributed by atoms with E-state index in [0.29, 0.717) is 11.8 Å². The molecule has 0 aliphatic heterocycles. The summed E-state index contributed by atoms with van der Waals surface area (Å²) in [6.07, 6.45) is 1.68. The Bertz CT molecular complexity index is 784. The molecular formula is C15H16N6O. The van der Waals surface area contributed by atoms with Crippen molar-refractivity contribution in [3.8, 4) is 11.6 Å². The largest absolute Gasteiger partial charge is 0.497 e. The lowest BCUT2D eigenvalue weighted by Crippen LogP contribution is -2.04. The molecule has 0 fully saturated rings. The van der Waals surface area contributed by atoms with Gasteiger partial charge in [-0.05, 0) is 42.8 Å². The molecule has 7 nitrogen and oxygen atoms in total. The van der Waals surface area contributed by atoms with Crippen LogP contribution in [0.4, 0.5) is 17.6 Å². The third-order valence-corrected chi connectivity index (χ3v) is 3.18. The Morgan fingerprint density at radius 2 is 2.09 bits per heavy atom. The maximum absolute atomic E-state index is 5.90. The second-order valence-electron chi connectivity index (χ2n) is 4.70. The number of anilines is 3. The number of nitrogens with two attached hydrogens (primary N) is 1. The van der Waals surface area contributed by atoms with E-state index in [1.54, 1.807) is 13.3 Å². The Morgan fingerprint density at radius 1 is 1.23 bits per heavy atom. The van der Waals surface area contributed by atoms with Gasteiger partial charge in [0.1, 0.15) is 5.75 Å². The highest BCUT2D eigenvalue weighted by Crippen LogP contribution is 2.24. The number of aryl methyl sites for hydroxylation is 1. The summed E-state index contributed by atoms with van der Waals surface area (Å²) in [6, 6.07) is 11.2. The molecule has 0 bridgehead atoms. The highest BCUT2D eigenvalue weighted by molar-refractivity contribution is 5.60. The van der Waals surface area contributed by atoms with Crippen LogP contribution in [-0.4, -0.2) is 26.9 Å². The highest BCUT2D eigenvalue weighted by atomic mass is 16.5. The van der Waals surface area contributed by atoms with Crippen LogP contribution in [0, 0.1) is 6.92 Å². The summed E-state index contributed by atoms with van der Waals surface area (Å²) >= 11 is 0. The number of aromatic nitrogens is 4.